The number of hydrogen-bond donors (Lipinski definition) is 1. The van der Waals surface area contributed by atoms with Crippen LogP contribution in [0.4, 0.5) is 0 Å². The topological polar surface area (TPSA) is 56.2 Å². The standard InChI is InChI=1S/C23H31N3O2/c1-23(2,3)26-15-16(14-24-26)11-22(27)18-6-4-5-17(12-18)20-13-21(20)25-19-7-9-28-10-8-19/h4-6,12,14-15,19-21,25H,7-11,13H2,1-3H3. The Morgan fingerprint density at radius 3 is 2.79 bits per heavy atom. The van der Waals surface area contributed by atoms with Gasteiger partial charge in [0, 0.05) is 49.4 Å². The number of hydrogen-bond acceptors (Lipinski definition) is 4. The molecule has 0 spiro atoms. The SMILES string of the molecule is CC(C)(C)n1cc(CC(=O)c2cccc(C3CC3NC3CCOCC3)c2)cn1. The Labute approximate surface area is 167 Å². The summed E-state index contributed by atoms with van der Waals surface area (Å²) in [4.78, 5) is 12.8. The van der Waals surface area contributed by atoms with Crippen LogP contribution in [0.3, 0.4) is 0 Å². The summed E-state index contributed by atoms with van der Waals surface area (Å²) in [6.45, 7) is 8.05. The van der Waals surface area contributed by atoms with Gasteiger partial charge < -0.3 is 10.1 Å². The highest BCUT2D eigenvalue weighted by atomic mass is 16.5. The van der Waals surface area contributed by atoms with Crippen molar-refractivity contribution < 1.29 is 9.53 Å². The molecule has 5 heteroatoms. The summed E-state index contributed by atoms with van der Waals surface area (Å²) in [7, 11) is 0. The van der Waals surface area contributed by atoms with Gasteiger partial charge in [0.25, 0.3) is 0 Å². The second-order valence-electron chi connectivity index (χ2n) is 9.19. The molecule has 2 aliphatic rings. The molecule has 2 unspecified atom stereocenters. The van der Waals surface area contributed by atoms with Crippen molar-refractivity contribution in [1.29, 1.82) is 0 Å². The zero-order valence-corrected chi connectivity index (χ0v) is 17.1. The number of carbonyl (C=O) groups excluding carboxylic acids is 1. The molecular formula is C23H31N3O2. The van der Waals surface area contributed by atoms with Crippen LogP contribution < -0.4 is 5.32 Å². The van der Waals surface area contributed by atoms with Crippen molar-refractivity contribution in [2.45, 2.75) is 70.0 Å². The molecule has 1 saturated heterocycles. The summed E-state index contributed by atoms with van der Waals surface area (Å²) in [6.07, 6.45) is 7.55. The van der Waals surface area contributed by atoms with Gasteiger partial charge in [-0.2, -0.15) is 5.10 Å². The van der Waals surface area contributed by atoms with E-state index in [0.717, 1.165) is 43.6 Å². The second kappa shape index (κ2) is 7.80. The Balaban J connectivity index is 1.37. The maximum Gasteiger partial charge on any atom is 0.167 e. The van der Waals surface area contributed by atoms with Gasteiger partial charge in [0.1, 0.15) is 0 Å². The van der Waals surface area contributed by atoms with Crippen LogP contribution in [0.1, 0.15) is 67.4 Å². The molecular weight excluding hydrogens is 350 g/mol. The first kappa shape index (κ1) is 19.3. The number of aromatic nitrogens is 2. The summed E-state index contributed by atoms with van der Waals surface area (Å²) in [5.41, 5.74) is 2.98. The van der Waals surface area contributed by atoms with Crippen LogP contribution in [-0.4, -0.2) is 40.9 Å². The van der Waals surface area contributed by atoms with Gasteiger partial charge in [-0.15, -0.1) is 0 Å². The average Bonchev–Trinajstić information content (AvgIpc) is 3.26. The summed E-state index contributed by atoms with van der Waals surface area (Å²) >= 11 is 0. The third-order valence-electron chi connectivity index (χ3n) is 5.79. The molecule has 0 radical (unpaired) electrons. The van der Waals surface area contributed by atoms with E-state index < -0.39 is 0 Å². The monoisotopic (exact) mass is 381 g/mol. The van der Waals surface area contributed by atoms with E-state index in [0.29, 0.717) is 24.4 Å². The van der Waals surface area contributed by atoms with E-state index >= 15 is 0 Å². The Morgan fingerprint density at radius 2 is 2.07 bits per heavy atom. The third kappa shape index (κ3) is 4.53. The summed E-state index contributed by atoms with van der Waals surface area (Å²) in [5.74, 6) is 0.684. The van der Waals surface area contributed by atoms with Gasteiger partial charge >= 0.3 is 0 Å². The lowest BCUT2D eigenvalue weighted by Gasteiger charge is -2.23. The highest BCUT2D eigenvalue weighted by Gasteiger charge is 2.39. The van der Waals surface area contributed by atoms with E-state index in [4.69, 9.17) is 4.74 Å². The van der Waals surface area contributed by atoms with Gasteiger partial charge in [-0.25, -0.2) is 0 Å². The van der Waals surface area contributed by atoms with Crippen molar-refractivity contribution in [3.8, 4) is 0 Å². The maximum atomic E-state index is 12.8. The van der Waals surface area contributed by atoms with Crippen molar-refractivity contribution in [3.05, 3.63) is 53.3 Å². The first-order valence-corrected chi connectivity index (χ1v) is 10.4. The quantitative estimate of drug-likeness (QED) is 0.776. The highest BCUT2D eigenvalue weighted by molar-refractivity contribution is 5.97. The molecule has 5 nitrogen and oxygen atoms in total. The second-order valence-corrected chi connectivity index (χ2v) is 9.19. The van der Waals surface area contributed by atoms with Crippen LogP contribution in [0, 0.1) is 0 Å². The number of benzene rings is 1. The predicted molar refractivity (Wildman–Crippen MR) is 110 cm³/mol. The van der Waals surface area contributed by atoms with Crippen LogP contribution >= 0.6 is 0 Å². The summed E-state index contributed by atoms with van der Waals surface area (Å²) in [6, 6.07) is 9.32. The number of carbonyl (C=O) groups is 1. The van der Waals surface area contributed by atoms with Crippen molar-refractivity contribution in [2.24, 2.45) is 0 Å². The van der Waals surface area contributed by atoms with Crippen molar-refractivity contribution in [2.75, 3.05) is 13.2 Å². The van der Waals surface area contributed by atoms with Gasteiger partial charge in [-0.05, 0) is 57.2 Å². The average molecular weight is 382 g/mol. The van der Waals surface area contributed by atoms with E-state index in [1.54, 1.807) is 0 Å². The first-order valence-electron chi connectivity index (χ1n) is 10.4. The number of rotatable bonds is 6. The largest absolute Gasteiger partial charge is 0.381 e. The molecule has 150 valence electrons. The molecule has 0 amide bonds. The normalized spacial score (nSPS) is 23.0. The Hall–Kier alpha value is -1.98. The molecule has 0 bridgehead atoms. The minimum absolute atomic E-state index is 0.0698. The van der Waals surface area contributed by atoms with Gasteiger partial charge in [-0.1, -0.05) is 18.2 Å². The molecule has 1 aliphatic carbocycles. The van der Waals surface area contributed by atoms with Gasteiger partial charge in [0.15, 0.2) is 5.78 Å². The van der Waals surface area contributed by atoms with Crippen molar-refractivity contribution >= 4 is 5.78 Å². The molecule has 2 aromatic rings. The molecule has 2 heterocycles. The molecule has 1 aromatic heterocycles. The fourth-order valence-electron chi connectivity index (χ4n) is 3.96. The first-order chi connectivity index (χ1) is 13.4. The minimum Gasteiger partial charge on any atom is -0.381 e. The van der Waals surface area contributed by atoms with Crippen molar-refractivity contribution in [3.63, 3.8) is 0 Å². The van der Waals surface area contributed by atoms with E-state index in [2.05, 4.69) is 43.3 Å². The Kier molecular flexibility index (Phi) is 5.39. The lowest BCUT2D eigenvalue weighted by atomic mass is 10.0. The van der Waals surface area contributed by atoms with Gasteiger partial charge in [0.2, 0.25) is 0 Å². The number of ketones is 1. The lowest BCUT2D eigenvalue weighted by Crippen LogP contribution is -2.36. The number of nitrogens with zero attached hydrogens (tertiary/aromatic N) is 2. The van der Waals surface area contributed by atoms with Crippen LogP contribution in [0.2, 0.25) is 0 Å². The number of ether oxygens (including phenoxy) is 1. The molecule has 2 atom stereocenters. The third-order valence-corrected chi connectivity index (χ3v) is 5.79. The fraction of sp³-hybridized carbons (Fsp3) is 0.565. The predicted octanol–water partition coefficient (Wildman–Crippen LogP) is 3.69. The minimum atomic E-state index is -0.0698. The van der Waals surface area contributed by atoms with E-state index in [1.807, 2.05) is 29.2 Å². The zero-order valence-electron chi connectivity index (χ0n) is 17.1. The molecule has 1 aliphatic heterocycles. The van der Waals surface area contributed by atoms with Gasteiger partial charge in [-0.3, -0.25) is 9.48 Å². The van der Waals surface area contributed by atoms with Crippen LogP contribution in [0.15, 0.2) is 36.7 Å². The number of nitrogens with one attached hydrogen (secondary N) is 1. The van der Waals surface area contributed by atoms with Crippen molar-refractivity contribution in [1.82, 2.24) is 15.1 Å². The smallest absolute Gasteiger partial charge is 0.167 e. The fourth-order valence-corrected chi connectivity index (χ4v) is 3.96. The molecule has 28 heavy (non-hydrogen) atoms. The van der Waals surface area contributed by atoms with Crippen LogP contribution in [-0.2, 0) is 16.7 Å². The van der Waals surface area contributed by atoms with E-state index in [1.165, 1.54) is 5.56 Å². The highest BCUT2D eigenvalue weighted by Crippen LogP contribution is 2.41. The van der Waals surface area contributed by atoms with Crippen LogP contribution in [0.25, 0.3) is 0 Å². The summed E-state index contributed by atoms with van der Waals surface area (Å²) in [5, 5.41) is 8.17. The van der Waals surface area contributed by atoms with E-state index in [-0.39, 0.29) is 11.3 Å². The molecule has 4 rings (SSSR count). The maximum absolute atomic E-state index is 12.8. The Morgan fingerprint density at radius 1 is 1.29 bits per heavy atom. The van der Waals surface area contributed by atoms with E-state index in [9.17, 15) is 4.79 Å². The molecule has 1 N–H and O–H groups in total. The Bertz CT molecular complexity index is 830. The molecule has 2 fully saturated rings. The molecule has 1 saturated carbocycles. The molecule has 1 aromatic carbocycles. The summed E-state index contributed by atoms with van der Waals surface area (Å²) < 4.78 is 7.36. The van der Waals surface area contributed by atoms with Gasteiger partial charge in [0.05, 0.1) is 11.7 Å². The number of Topliss-reactive ketones (excluding diaryl/α,β-unsaturated/α-hetero) is 1. The zero-order chi connectivity index (χ0) is 19.7. The lowest BCUT2D eigenvalue weighted by molar-refractivity contribution is 0.0774. The van der Waals surface area contributed by atoms with Crippen LogP contribution in [0.5, 0.6) is 0 Å².